The third-order valence-electron chi connectivity index (χ3n) is 2.17. The molecule has 0 bridgehead atoms. The van der Waals surface area contributed by atoms with Crippen molar-refractivity contribution in [2.24, 2.45) is 0 Å². The Morgan fingerprint density at radius 2 is 2.33 bits per heavy atom. The van der Waals surface area contributed by atoms with E-state index in [1.807, 2.05) is 24.3 Å². The molecule has 0 aliphatic carbocycles. The van der Waals surface area contributed by atoms with E-state index in [1.165, 1.54) is 0 Å². The van der Waals surface area contributed by atoms with Crippen LogP contribution in [-0.4, -0.2) is 19.8 Å². The molecule has 15 heavy (non-hydrogen) atoms. The largest absolute Gasteiger partial charge is 0.497 e. The molecule has 0 unspecified atom stereocenters. The van der Waals surface area contributed by atoms with Crippen molar-refractivity contribution in [1.82, 2.24) is 5.32 Å². The highest BCUT2D eigenvalue weighted by atomic mass is 35.5. The number of methoxy groups -OCH3 is 1. The molecule has 1 fully saturated rings. The number of benzene rings is 1. The first-order valence-corrected chi connectivity index (χ1v) is 4.37. The Morgan fingerprint density at radius 1 is 1.53 bits per heavy atom. The van der Waals surface area contributed by atoms with Crippen LogP contribution in [0.25, 0.3) is 0 Å². The Morgan fingerprint density at radius 3 is 2.93 bits per heavy atom. The lowest BCUT2D eigenvalue weighted by Crippen LogP contribution is -2.18. The smallest absolute Gasteiger partial charge is 0.407 e. The van der Waals surface area contributed by atoms with Crippen molar-refractivity contribution >= 4 is 18.5 Å². The van der Waals surface area contributed by atoms with Gasteiger partial charge in [0.1, 0.15) is 12.4 Å². The van der Waals surface area contributed by atoms with E-state index >= 15 is 0 Å². The zero-order chi connectivity index (χ0) is 9.97. The summed E-state index contributed by atoms with van der Waals surface area (Å²) in [6, 6.07) is 7.51. The van der Waals surface area contributed by atoms with Gasteiger partial charge in [-0.05, 0) is 17.7 Å². The van der Waals surface area contributed by atoms with Crippen molar-refractivity contribution < 1.29 is 14.3 Å². The van der Waals surface area contributed by atoms with Crippen LogP contribution in [0.15, 0.2) is 24.3 Å². The summed E-state index contributed by atoms with van der Waals surface area (Å²) in [5, 5.41) is 2.70. The molecule has 1 amide bonds. The summed E-state index contributed by atoms with van der Waals surface area (Å²) in [4.78, 5) is 10.8. The molecule has 82 valence electrons. The fourth-order valence-electron chi connectivity index (χ4n) is 1.42. The summed E-state index contributed by atoms with van der Waals surface area (Å²) in [6.07, 6.45) is -0.363. The SMILES string of the molecule is COc1cccc([C@@H]2COC(=O)N2)c1.Cl. The Hall–Kier alpha value is -1.42. The van der Waals surface area contributed by atoms with Crippen LogP contribution in [-0.2, 0) is 4.74 Å². The number of hydrogen-bond donors (Lipinski definition) is 1. The average molecular weight is 230 g/mol. The number of cyclic esters (lactones) is 1. The third-order valence-corrected chi connectivity index (χ3v) is 2.17. The number of hydrogen-bond acceptors (Lipinski definition) is 3. The first-order chi connectivity index (χ1) is 6.79. The third kappa shape index (κ3) is 2.53. The molecule has 1 aromatic rings. The van der Waals surface area contributed by atoms with Gasteiger partial charge in [-0.3, -0.25) is 0 Å². The molecule has 1 aliphatic heterocycles. The number of carbonyl (C=O) groups is 1. The summed E-state index contributed by atoms with van der Waals surface area (Å²) in [6.45, 7) is 0.381. The van der Waals surface area contributed by atoms with E-state index in [4.69, 9.17) is 9.47 Å². The summed E-state index contributed by atoms with van der Waals surface area (Å²) >= 11 is 0. The van der Waals surface area contributed by atoms with Gasteiger partial charge < -0.3 is 14.8 Å². The van der Waals surface area contributed by atoms with E-state index in [0.29, 0.717) is 6.61 Å². The van der Waals surface area contributed by atoms with E-state index in [9.17, 15) is 4.79 Å². The van der Waals surface area contributed by atoms with Gasteiger partial charge in [0.15, 0.2) is 0 Å². The predicted octanol–water partition coefficient (Wildman–Crippen LogP) is 1.90. The van der Waals surface area contributed by atoms with Gasteiger partial charge in [-0.15, -0.1) is 12.4 Å². The van der Waals surface area contributed by atoms with Crippen molar-refractivity contribution in [2.75, 3.05) is 13.7 Å². The van der Waals surface area contributed by atoms with Crippen LogP contribution in [0.5, 0.6) is 5.75 Å². The molecule has 1 aliphatic rings. The lowest BCUT2D eigenvalue weighted by atomic mass is 10.1. The molecule has 0 saturated carbocycles. The minimum absolute atomic E-state index is 0. The zero-order valence-electron chi connectivity index (χ0n) is 8.23. The van der Waals surface area contributed by atoms with Gasteiger partial charge in [-0.25, -0.2) is 4.79 Å². The quantitative estimate of drug-likeness (QED) is 0.843. The fourth-order valence-corrected chi connectivity index (χ4v) is 1.42. The van der Waals surface area contributed by atoms with E-state index in [1.54, 1.807) is 7.11 Å². The number of ether oxygens (including phenoxy) is 2. The molecular formula is C10H12ClNO3. The maximum Gasteiger partial charge on any atom is 0.407 e. The lowest BCUT2D eigenvalue weighted by molar-refractivity contribution is 0.177. The Balaban J connectivity index is 0.00000112. The second-order valence-corrected chi connectivity index (χ2v) is 3.07. The molecule has 1 saturated heterocycles. The molecule has 5 heteroatoms. The van der Waals surface area contributed by atoms with Crippen LogP contribution >= 0.6 is 12.4 Å². The first kappa shape index (κ1) is 11.7. The Kier molecular flexibility index (Phi) is 3.80. The van der Waals surface area contributed by atoms with Crippen molar-refractivity contribution in [3.8, 4) is 5.75 Å². The van der Waals surface area contributed by atoms with Crippen LogP contribution < -0.4 is 10.1 Å². The van der Waals surface area contributed by atoms with Crippen LogP contribution in [0.1, 0.15) is 11.6 Å². The fraction of sp³-hybridized carbons (Fsp3) is 0.300. The van der Waals surface area contributed by atoms with Gasteiger partial charge in [-0.2, -0.15) is 0 Å². The van der Waals surface area contributed by atoms with Gasteiger partial charge in [-0.1, -0.05) is 12.1 Å². The van der Waals surface area contributed by atoms with E-state index in [-0.39, 0.29) is 24.5 Å². The van der Waals surface area contributed by atoms with E-state index in [2.05, 4.69) is 5.32 Å². The van der Waals surface area contributed by atoms with Crippen molar-refractivity contribution in [3.05, 3.63) is 29.8 Å². The normalized spacial score (nSPS) is 18.7. The van der Waals surface area contributed by atoms with Gasteiger partial charge in [0, 0.05) is 0 Å². The molecular weight excluding hydrogens is 218 g/mol. The molecule has 1 heterocycles. The molecule has 0 spiro atoms. The molecule has 2 rings (SSSR count). The molecule has 4 nitrogen and oxygen atoms in total. The van der Waals surface area contributed by atoms with Crippen molar-refractivity contribution in [1.29, 1.82) is 0 Å². The predicted molar refractivity (Wildman–Crippen MR) is 57.5 cm³/mol. The van der Waals surface area contributed by atoms with Crippen LogP contribution in [0, 0.1) is 0 Å². The monoisotopic (exact) mass is 229 g/mol. The minimum atomic E-state index is -0.363. The highest BCUT2D eigenvalue weighted by Gasteiger charge is 2.23. The maximum absolute atomic E-state index is 10.8. The highest BCUT2D eigenvalue weighted by Crippen LogP contribution is 2.21. The number of nitrogens with one attached hydrogen (secondary N) is 1. The van der Waals surface area contributed by atoms with Gasteiger partial charge in [0.2, 0.25) is 0 Å². The van der Waals surface area contributed by atoms with Crippen LogP contribution in [0.4, 0.5) is 4.79 Å². The highest BCUT2D eigenvalue weighted by molar-refractivity contribution is 5.85. The van der Waals surface area contributed by atoms with Crippen molar-refractivity contribution in [3.63, 3.8) is 0 Å². The minimum Gasteiger partial charge on any atom is -0.497 e. The van der Waals surface area contributed by atoms with Crippen molar-refractivity contribution in [2.45, 2.75) is 6.04 Å². The number of amides is 1. The number of carbonyl (C=O) groups excluding carboxylic acids is 1. The number of rotatable bonds is 2. The van der Waals surface area contributed by atoms with Crippen LogP contribution in [0.3, 0.4) is 0 Å². The first-order valence-electron chi connectivity index (χ1n) is 4.37. The number of halogens is 1. The molecule has 1 atom stereocenters. The number of alkyl carbamates (subject to hydrolysis) is 1. The standard InChI is InChI=1S/C10H11NO3.ClH/c1-13-8-4-2-3-7(5-8)9-6-14-10(12)11-9;/h2-5,9H,6H2,1H3,(H,11,12);1H/t9-;/m0./s1. The molecule has 1 aromatic carbocycles. The Labute approximate surface area is 94.0 Å². The van der Waals surface area contributed by atoms with Gasteiger partial charge in [0.05, 0.1) is 13.2 Å². The average Bonchev–Trinajstić information content (AvgIpc) is 2.65. The van der Waals surface area contributed by atoms with Gasteiger partial charge in [0.25, 0.3) is 0 Å². The molecule has 1 N–H and O–H groups in total. The lowest BCUT2D eigenvalue weighted by Gasteiger charge is -2.08. The second-order valence-electron chi connectivity index (χ2n) is 3.07. The van der Waals surface area contributed by atoms with E-state index < -0.39 is 0 Å². The van der Waals surface area contributed by atoms with Crippen LogP contribution in [0.2, 0.25) is 0 Å². The van der Waals surface area contributed by atoms with E-state index in [0.717, 1.165) is 11.3 Å². The molecule has 0 radical (unpaired) electrons. The summed E-state index contributed by atoms with van der Waals surface area (Å²) in [5.74, 6) is 0.781. The summed E-state index contributed by atoms with van der Waals surface area (Å²) in [7, 11) is 1.61. The summed E-state index contributed by atoms with van der Waals surface area (Å²) in [5.41, 5.74) is 0.996. The second kappa shape index (κ2) is 4.89. The van der Waals surface area contributed by atoms with Gasteiger partial charge >= 0.3 is 6.09 Å². The molecule has 0 aromatic heterocycles. The Bertz CT molecular complexity index is 356. The summed E-state index contributed by atoms with van der Waals surface area (Å²) < 4.78 is 9.89. The maximum atomic E-state index is 10.8. The topological polar surface area (TPSA) is 47.6 Å². The zero-order valence-corrected chi connectivity index (χ0v) is 9.04.